The van der Waals surface area contributed by atoms with Crippen LogP contribution >= 0.6 is 23.7 Å². The van der Waals surface area contributed by atoms with E-state index in [9.17, 15) is 4.79 Å². The summed E-state index contributed by atoms with van der Waals surface area (Å²) in [6.07, 6.45) is 1.46. The topological polar surface area (TPSA) is 77.2 Å². The van der Waals surface area contributed by atoms with Crippen molar-refractivity contribution in [2.24, 2.45) is 5.73 Å². The van der Waals surface area contributed by atoms with Gasteiger partial charge in [-0.05, 0) is 30.7 Å². The van der Waals surface area contributed by atoms with Gasteiger partial charge in [0.15, 0.2) is 0 Å². The van der Waals surface area contributed by atoms with Gasteiger partial charge in [-0.2, -0.15) is 0 Å². The molecule has 0 radical (unpaired) electrons. The highest BCUT2D eigenvalue weighted by molar-refractivity contribution is 7.09. The molecule has 0 aliphatic rings. The molecule has 0 bridgehead atoms. The number of ether oxygens (including phenoxy) is 1. The second-order valence-electron chi connectivity index (χ2n) is 4.52. The minimum absolute atomic E-state index is 0. The average molecular weight is 342 g/mol. The van der Waals surface area contributed by atoms with Crippen LogP contribution < -0.4 is 15.8 Å². The SMILES string of the molecule is COc1cccc(CCNC(=O)c2csc(CCN)n2)c1.Cl. The quantitative estimate of drug-likeness (QED) is 0.808. The number of amides is 1. The van der Waals surface area contributed by atoms with Crippen molar-refractivity contribution in [3.05, 3.63) is 45.9 Å². The summed E-state index contributed by atoms with van der Waals surface area (Å²) in [6.45, 7) is 1.11. The Morgan fingerprint density at radius 1 is 1.41 bits per heavy atom. The van der Waals surface area contributed by atoms with Gasteiger partial charge in [0.05, 0.1) is 12.1 Å². The molecule has 120 valence electrons. The number of rotatable bonds is 7. The Bertz CT molecular complexity index is 604. The van der Waals surface area contributed by atoms with Gasteiger partial charge in [-0.1, -0.05) is 12.1 Å². The standard InChI is InChI=1S/C15H19N3O2S.ClH/c1-20-12-4-2-3-11(9-12)6-8-17-15(19)13-10-21-14(18-13)5-7-16;/h2-4,9-10H,5-8,16H2,1H3,(H,17,19);1H. The molecule has 1 aromatic carbocycles. The maximum absolute atomic E-state index is 12.0. The van der Waals surface area contributed by atoms with Crippen LogP contribution in [-0.2, 0) is 12.8 Å². The molecule has 1 aromatic heterocycles. The zero-order valence-electron chi connectivity index (χ0n) is 12.4. The molecule has 1 heterocycles. The first-order valence-corrected chi connectivity index (χ1v) is 7.66. The second kappa shape index (κ2) is 9.40. The van der Waals surface area contributed by atoms with Crippen LogP contribution in [0.1, 0.15) is 21.1 Å². The molecule has 0 atom stereocenters. The third-order valence-corrected chi connectivity index (χ3v) is 3.88. The van der Waals surface area contributed by atoms with Gasteiger partial charge in [-0.15, -0.1) is 23.7 Å². The molecule has 0 unspecified atom stereocenters. The van der Waals surface area contributed by atoms with Crippen molar-refractivity contribution < 1.29 is 9.53 Å². The van der Waals surface area contributed by atoms with Gasteiger partial charge >= 0.3 is 0 Å². The molecule has 0 spiro atoms. The fourth-order valence-electron chi connectivity index (χ4n) is 1.89. The molecule has 3 N–H and O–H groups in total. The number of carbonyl (C=O) groups excluding carboxylic acids is 1. The molecule has 0 saturated heterocycles. The smallest absolute Gasteiger partial charge is 0.270 e. The number of carbonyl (C=O) groups is 1. The minimum atomic E-state index is -0.141. The summed E-state index contributed by atoms with van der Waals surface area (Å²) in [4.78, 5) is 16.2. The van der Waals surface area contributed by atoms with E-state index in [-0.39, 0.29) is 18.3 Å². The van der Waals surface area contributed by atoms with E-state index in [4.69, 9.17) is 10.5 Å². The first-order valence-electron chi connectivity index (χ1n) is 6.78. The van der Waals surface area contributed by atoms with Gasteiger partial charge in [0.2, 0.25) is 0 Å². The predicted molar refractivity (Wildman–Crippen MR) is 91.2 cm³/mol. The van der Waals surface area contributed by atoms with Crippen LogP contribution in [0.4, 0.5) is 0 Å². The molecule has 1 amide bonds. The van der Waals surface area contributed by atoms with Gasteiger partial charge in [0, 0.05) is 18.3 Å². The molecule has 7 heteroatoms. The molecule has 0 saturated carbocycles. The summed E-state index contributed by atoms with van der Waals surface area (Å²) in [6, 6.07) is 7.82. The summed E-state index contributed by atoms with van der Waals surface area (Å²) in [5, 5.41) is 5.54. The number of halogens is 1. The Labute approximate surface area is 140 Å². The van der Waals surface area contributed by atoms with Crippen molar-refractivity contribution in [3.8, 4) is 5.75 Å². The fourth-order valence-corrected chi connectivity index (χ4v) is 2.69. The molecule has 2 aromatic rings. The van der Waals surface area contributed by atoms with E-state index in [2.05, 4.69) is 10.3 Å². The number of nitrogens with two attached hydrogens (primary N) is 1. The normalized spacial score (nSPS) is 9.91. The van der Waals surface area contributed by atoms with E-state index in [0.717, 1.165) is 22.7 Å². The number of aromatic nitrogens is 1. The highest BCUT2D eigenvalue weighted by atomic mass is 35.5. The summed E-state index contributed by atoms with van der Waals surface area (Å²) >= 11 is 1.47. The zero-order valence-corrected chi connectivity index (χ0v) is 14.0. The Morgan fingerprint density at radius 2 is 2.23 bits per heavy atom. The van der Waals surface area contributed by atoms with Crippen molar-refractivity contribution >= 4 is 29.7 Å². The number of benzene rings is 1. The van der Waals surface area contributed by atoms with Gasteiger partial charge < -0.3 is 15.8 Å². The van der Waals surface area contributed by atoms with Crippen molar-refractivity contribution in [1.82, 2.24) is 10.3 Å². The molecule has 0 fully saturated rings. The number of hydrogen-bond acceptors (Lipinski definition) is 5. The second-order valence-corrected chi connectivity index (χ2v) is 5.47. The lowest BCUT2D eigenvalue weighted by Crippen LogP contribution is -2.26. The van der Waals surface area contributed by atoms with Gasteiger partial charge in [0.25, 0.3) is 5.91 Å². The molecule has 2 rings (SSSR count). The summed E-state index contributed by atoms with van der Waals surface area (Å²) in [7, 11) is 1.64. The number of nitrogens with one attached hydrogen (secondary N) is 1. The summed E-state index contributed by atoms with van der Waals surface area (Å²) in [5.74, 6) is 0.683. The van der Waals surface area contributed by atoms with Crippen molar-refractivity contribution in [2.75, 3.05) is 20.2 Å². The first kappa shape index (κ1) is 18.4. The molecule has 22 heavy (non-hydrogen) atoms. The Hall–Kier alpha value is -1.63. The third kappa shape index (κ3) is 5.29. The summed E-state index contributed by atoms with van der Waals surface area (Å²) in [5.41, 5.74) is 7.06. The van der Waals surface area contributed by atoms with Crippen molar-refractivity contribution in [1.29, 1.82) is 0 Å². The van der Waals surface area contributed by atoms with Crippen LogP contribution in [0, 0.1) is 0 Å². The average Bonchev–Trinajstić information content (AvgIpc) is 2.96. The molecule has 0 aliphatic carbocycles. The molecular formula is C15H20ClN3O2S. The van der Waals surface area contributed by atoms with E-state index in [0.29, 0.717) is 25.2 Å². The maximum atomic E-state index is 12.0. The van der Waals surface area contributed by atoms with Crippen LogP contribution in [0.5, 0.6) is 5.75 Å². The van der Waals surface area contributed by atoms with Gasteiger partial charge in [-0.3, -0.25) is 4.79 Å². The number of nitrogens with zero attached hydrogens (tertiary/aromatic N) is 1. The van der Waals surface area contributed by atoms with Crippen LogP contribution in [0.2, 0.25) is 0 Å². The lowest BCUT2D eigenvalue weighted by Gasteiger charge is -2.05. The van der Waals surface area contributed by atoms with E-state index in [1.807, 2.05) is 24.3 Å². The fraction of sp³-hybridized carbons (Fsp3) is 0.333. The van der Waals surface area contributed by atoms with Crippen LogP contribution in [0.25, 0.3) is 0 Å². The Morgan fingerprint density at radius 3 is 2.95 bits per heavy atom. The molecular weight excluding hydrogens is 322 g/mol. The third-order valence-electron chi connectivity index (χ3n) is 2.98. The first-order chi connectivity index (χ1) is 10.2. The highest BCUT2D eigenvalue weighted by Crippen LogP contribution is 2.13. The Balaban J connectivity index is 0.00000242. The van der Waals surface area contributed by atoms with E-state index >= 15 is 0 Å². The van der Waals surface area contributed by atoms with Crippen LogP contribution in [-0.4, -0.2) is 31.1 Å². The van der Waals surface area contributed by atoms with E-state index in [1.54, 1.807) is 12.5 Å². The number of methoxy groups -OCH3 is 1. The highest BCUT2D eigenvalue weighted by Gasteiger charge is 2.09. The number of thiazole rings is 1. The monoisotopic (exact) mass is 341 g/mol. The molecule has 0 aliphatic heterocycles. The molecule has 5 nitrogen and oxygen atoms in total. The van der Waals surface area contributed by atoms with Crippen molar-refractivity contribution in [2.45, 2.75) is 12.8 Å². The van der Waals surface area contributed by atoms with E-state index < -0.39 is 0 Å². The Kier molecular flexibility index (Phi) is 7.87. The van der Waals surface area contributed by atoms with E-state index in [1.165, 1.54) is 11.3 Å². The van der Waals surface area contributed by atoms with Gasteiger partial charge in [-0.25, -0.2) is 4.98 Å². The number of hydrogen-bond donors (Lipinski definition) is 2. The zero-order chi connectivity index (χ0) is 15.1. The van der Waals surface area contributed by atoms with Gasteiger partial charge in [0.1, 0.15) is 11.4 Å². The lowest BCUT2D eigenvalue weighted by atomic mass is 10.1. The summed E-state index contributed by atoms with van der Waals surface area (Å²) < 4.78 is 5.17. The minimum Gasteiger partial charge on any atom is -0.497 e. The van der Waals surface area contributed by atoms with Crippen LogP contribution in [0.3, 0.4) is 0 Å². The lowest BCUT2D eigenvalue weighted by molar-refractivity contribution is 0.0949. The largest absolute Gasteiger partial charge is 0.497 e. The predicted octanol–water partition coefficient (Wildman–Crippen LogP) is 2.05. The maximum Gasteiger partial charge on any atom is 0.270 e. The van der Waals surface area contributed by atoms with Crippen molar-refractivity contribution in [3.63, 3.8) is 0 Å². The van der Waals surface area contributed by atoms with Crippen LogP contribution in [0.15, 0.2) is 29.6 Å².